The summed E-state index contributed by atoms with van der Waals surface area (Å²) < 4.78 is 4.90. The number of methoxy groups -OCH3 is 1. The van der Waals surface area contributed by atoms with E-state index in [1.165, 1.54) is 19.2 Å². The molecule has 13 heavy (non-hydrogen) atoms. The lowest BCUT2D eigenvalue weighted by atomic mass is 10.2. The molecule has 0 aliphatic carbocycles. The second-order valence-corrected chi connectivity index (χ2v) is 3.17. The Kier molecular flexibility index (Phi) is 3.01. The van der Waals surface area contributed by atoms with E-state index in [2.05, 4.69) is 0 Å². The molecule has 2 N–H and O–H groups in total. The van der Waals surface area contributed by atoms with Gasteiger partial charge >= 0.3 is 0 Å². The third-order valence-corrected chi connectivity index (χ3v) is 2.00. The predicted molar refractivity (Wildman–Crippen MR) is 51.5 cm³/mol. The molecule has 0 heterocycles. The molecular weight excluding hydrogens is 213 g/mol. The van der Waals surface area contributed by atoms with Gasteiger partial charge in [0.25, 0.3) is 5.91 Å². The maximum absolute atomic E-state index is 10.9. The molecule has 0 unspecified atom stereocenters. The molecule has 0 spiro atoms. The van der Waals surface area contributed by atoms with E-state index >= 15 is 0 Å². The molecule has 0 saturated heterocycles. The number of amides is 1. The third kappa shape index (κ3) is 2.05. The molecular formula is C8H7Cl2NO2. The summed E-state index contributed by atoms with van der Waals surface area (Å²) >= 11 is 11.4. The Balaban J connectivity index is 3.38. The van der Waals surface area contributed by atoms with Crippen molar-refractivity contribution in [3.63, 3.8) is 0 Å². The van der Waals surface area contributed by atoms with Gasteiger partial charge < -0.3 is 10.5 Å². The summed E-state index contributed by atoms with van der Waals surface area (Å²) in [4.78, 5) is 10.9. The van der Waals surface area contributed by atoms with Gasteiger partial charge in [-0.3, -0.25) is 4.79 Å². The van der Waals surface area contributed by atoms with Crippen LogP contribution in [0.25, 0.3) is 0 Å². The van der Waals surface area contributed by atoms with Crippen LogP contribution >= 0.6 is 23.2 Å². The molecule has 3 nitrogen and oxygen atoms in total. The van der Waals surface area contributed by atoms with Crippen molar-refractivity contribution in [1.82, 2.24) is 0 Å². The van der Waals surface area contributed by atoms with Crippen molar-refractivity contribution in [2.24, 2.45) is 5.73 Å². The van der Waals surface area contributed by atoms with Crippen LogP contribution in [-0.2, 0) is 0 Å². The highest BCUT2D eigenvalue weighted by atomic mass is 35.5. The van der Waals surface area contributed by atoms with Crippen LogP contribution in [0.3, 0.4) is 0 Å². The molecule has 1 rings (SSSR count). The fourth-order valence-corrected chi connectivity index (χ4v) is 1.52. The van der Waals surface area contributed by atoms with Gasteiger partial charge in [0, 0.05) is 5.02 Å². The second-order valence-electron chi connectivity index (χ2n) is 2.33. The van der Waals surface area contributed by atoms with E-state index < -0.39 is 5.91 Å². The largest absolute Gasteiger partial charge is 0.496 e. The van der Waals surface area contributed by atoms with Crippen LogP contribution in [0.5, 0.6) is 5.75 Å². The van der Waals surface area contributed by atoms with Gasteiger partial charge in [-0.05, 0) is 12.1 Å². The van der Waals surface area contributed by atoms with Crippen molar-refractivity contribution in [2.75, 3.05) is 7.11 Å². The smallest absolute Gasteiger partial charge is 0.253 e. The number of hydrogen-bond donors (Lipinski definition) is 1. The van der Waals surface area contributed by atoms with Gasteiger partial charge in [-0.1, -0.05) is 23.2 Å². The number of rotatable bonds is 2. The molecule has 0 saturated carbocycles. The van der Waals surface area contributed by atoms with Crippen LogP contribution in [0.4, 0.5) is 0 Å². The van der Waals surface area contributed by atoms with Gasteiger partial charge in [0.15, 0.2) is 0 Å². The zero-order valence-corrected chi connectivity index (χ0v) is 8.32. The molecule has 0 aliphatic rings. The molecule has 5 heteroatoms. The van der Waals surface area contributed by atoms with Crippen LogP contribution in [0.15, 0.2) is 12.1 Å². The standard InChI is InChI=1S/C8H7Cl2NO2/c1-13-6-3-4(9)2-5(10)7(6)8(11)12/h2-3H,1H3,(H2,11,12). The average molecular weight is 220 g/mol. The molecule has 0 radical (unpaired) electrons. The lowest BCUT2D eigenvalue weighted by Crippen LogP contribution is -2.13. The zero-order valence-electron chi connectivity index (χ0n) is 6.80. The van der Waals surface area contributed by atoms with Crippen LogP contribution in [0.1, 0.15) is 10.4 Å². The Labute approximate surface area is 85.4 Å². The highest BCUT2D eigenvalue weighted by molar-refractivity contribution is 6.37. The predicted octanol–water partition coefficient (Wildman–Crippen LogP) is 2.10. The van der Waals surface area contributed by atoms with Crippen LogP contribution in [-0.4, -0.2) is 13.0 Å². The number of nitrogens with two attached hydrogens (primary N) is 1. The first-order chi connectivity index (χ1) is 6.06. The Bertz CT molecular complexity index is 352. The fourth-order valence-electron chi connectivity index (χ4n) is 0.950. The van der Waals surface area contributed by atoms with E-state index in [0.717, 1.165) is 0 Å². The Morgan fingerprint density at radius 3 is 2.54 bits per heavy atom. The highest BCUT2D eigenvalue weighted by Gasteiger charge is 2.14. The summed E-state index contributed by atoms with van der Waals surface area (Å²) in [5.41, 5.74) is 5.24. The molecule has 0 atom stereocenters. The second kappa shape index (κ2) is 3.85. The number of ether oxygens (including phenoxy) is 1. The molecule has 0 bridgehead atoms. The Hall–Kier alpha value is -0.930. The SMILES string of the molecule is COc1cc(Cl)cc(Cl)c1C(N)=O. The average Bonchev–Trinajstić information content (AvgIpc) is 2.01. The summed E-state index contributed by atoms with van der Waals surface area (Å²) in [6.45, 7) is 0. The Morgan fingerprint density at radius 2 is 2.08 bits per heavy atom. The first-order valence-corrected chi connectivity index (χ1v) is 4.14. The summed E-state index contributed by atoms with van der Waals surface area (Å²) in [5, 5.41) is 0.587. The lowest BCUT2D eigenvalue weighted by molar-refractivity contribution is 0.0997. The highest BCUT2D eigenvalue weighted by Crippen LogP contribution is 2.30. The van der Waals surface area contributed by atoms with Gasteiger partial charge in [0.2, 0.25) is 0 Å². The van der Waals surface area contributed by atoms with Crippen molar-refractivity contribution >= 4 is 29.1 Å². The molecule has 1 amide bonds. The quantitative estimate of drug-likeness (QED) is 0.829. The van der Waals surface area contributed by atoms with E-state index in [9.17, 15) is 4.79 Å². The van der Waals surface area contributed by atoms with Gasteiger partial charge in [0.1, 0.15) is 5.75 Å². The lowest BCUT2D eigenvalue weighted by Gasteiger charge is -2.07. The van der Waals surface area contributed by atoms with E-state index in [4.69, 9.17) is 33.7 Å². The van der Waals surface area contributed by atoms with Crippen LogP contribution in [0.2, 0.25) is 10.0 Å². The molecule has 70 valence electrons. The fraction of sp³-hybridized carbons (Fsp3) is 0.125. The topological polar surface area (TPSA) is 52.3 Å². The first-order valence-electron chi connectivity index (χ1n) is 3.39. The zero-order chi connectivity index (χ0) is 10.0. The molecule has 0 fully saturated rings. The first kappa shape index (κ1) is 10.2. The monoisotopic (exact) mass is 219 g/mol. The third-order valence-electron chi connectivity index (χ3n) is 1.49. The number of carbonyl (C=O) groups excluding carboxylic acids is 1. The maximum Gasteiger partial charge on any atom is 0.253 e. The van der Waals surface area contributed by atoms with Crippen molar-refractivity contribution in [1.29, 1.82) is 0 Å². The molecule has 1 aromatic carbocycles. The maximum atomic E-state index is 10.9. The van der Waals surface area contributed by atoms with Gasteiger partial charge in [-0.25, -0.2) is 0 Å². The number of hydrogen-bond acceptors (Lipinski definition) is 2. The number of carbonyl (C=O) groups is 1. The number of benzene rings is 1. The van der Waals surface area contributed by atoms with Gasteiger partial charge in [-0.2, -0.15) is 0 Å². The van der Waals surface area contributed by atoms with Crippen molar-refractivity contribution in [2.45, 2.75) is 0 Å². The van der Waals surface area contributed by atoms with Crippen molar-refractivity contribution < 1.29 is 9.53 Å². The van der Waals surface area contributed by atoms with Gasteiger partial charge in [0.05, 0.1) is 17.7 Å². The van der Waals surface area contributed by atoms with Crippen LogP contribution in [0, 0.1) is 0 Å². The number of halogens is 2. The van der Waals surface area contributed by atoms with E-state index in [1.807, 2.05) is 0 Å². The minimum absolute atomic E-state index is 0.147. The Morgan fingerprint density at radius 1 is 1.46 bits per heavy atom. The minimum Gasteiger partial charge on any atom is -0.496 e. The van der Waals surface area contributed by atoms with Gasteiger partial charge in [-0.15, -0.1) is 0 Å². The molecule has 1 aromatic rings. The summed E-state index contributed by atoms with van der Waals surface area (Å²) in [7, 11) is 1.41. The summed E-state index contributed by atoms with van der Waals surface area (Å²) in [6, 6.07) is 2.92. The number of primary amides is 1. The normalized spacial score (nSPS) is 9.77. The molecule has 0 aromatic heterocycles. The van der Waals surface area contributed by atoms with E-state index in [1.54, 1.807) is 0 Å². The van der Waals surface area contributed by atoms with E-state index in [-0.39, 0.29) is 16.3 Å². The summed E-state index contributed by atoms with van der Waals surface area (Å²) in [5.74, 6) is -0.358. The van der Waals surface area contributed by atoms with E-state index in [0.29, 0.717) is 5.02 Å². The molecule has 0 aliphatic heterocycles. The van der Waals surface area contributed by atoms with Crippen molar-refractivity contribution in [3.8, 4) is 5.75 Å². The van der Waals surface area contributed by atoms with Crippen molar-refractivity contribution in [3.05, 3.63) is 27.7 Å². The minimum atomic E-state index is -0.640. The van der Waals surface area contributed by atoms with Crippen LogP contribution < -0.4 is 10.5 Å². The summed E-state index contributed by atoms with van der Waals surface area (Å²) in [6.07, 6.45) is 0.